The lowest BCUT2D eigenvalue weighted by Crippen LogP contribution is -2.30. The number of amides is 1. The van der Waals surface area contributed by atoms with Crippen LogP contribution >= 0.6 is 0 Å². The van der Waals surface area contributed by atoms with Crippen molar-refractivity contribution in [3.63, 3.8) is 0 Å². The van der Waals surface area contributed by atoms with Crippen LogP contribution in [0.4, 0.5) is 5.69 Å². The zero-order chi connectivity index (χ0) is 14.6. The Labute approximate surface area is 122 Å². The highest BCUT2D eigenvalue weighted by molar-refractivity contribution is 5.96. The number of carbonyl (C=O) groups is 1. The van der Waals surface area contributed by atoms with Crippen molar-refractivity contribution in [2.24, 2.45) is 11.8 Å². The van der Waals surface area contributed by atoms with E-state index in [0.717, 1.165) is 24.8 Å². The molecule has 110 valence electrons. The van der Waals surface area contributed by atoms with Gasteiger partial charge in [-0.1, -0.05) is 0 Å². The van der Waals surface area contributed by atoms with Crippen molar-refractivity contribution < 1.29 is 14.3 Å². The van der Waals surface area contributed by atoms with Crippen molar-refractivity contribution in [1.29, 1.82) is 0 Å². The number of benzene rings is 1. The van der Waals surface area contributed by atoms with E-state index in [2.05, 4.69) is 0 Å². The minimum atomic E-state index is -0.261. The monoisotopic (exact) mass is 286 g/mol. The van der Waals surface area contributed by atoms with Gasteiger partial charge in [0.25, 0.3) is 5.91 Å². The molecule has 2 fully saturated rings. The van der Waals surface area contributed by atoms with E-state index in [1.165, 1.54) is 0 Å². The molecule has 2 aliphatic rings. The Hall–Kier alpha value is -2.01. The molecule has 1 aromatic carbocycles. The van der Waals surface area contributed by atoms with Crippen molar-refractivity contribution in [3.05, 3.63) is 30.0 Å². The van der Waals surface area contributed by atoms with Crippen LogP contribution in [0.3, 0.4) is 0 Å². The van der Waals surface area contributed by atoms with E-state index in [4.69, 9.17) is 10.2 Å². The normalized spacial score (nSPS) is 28.2. The second-order valence-corrected chi connectivity index (χ2v) is 6.19. The molecule has 1 saturated carbocycles. The number of aliphatic hydroxyl groups is 1. The Morgan fingerprint density at radius 1 is 1.29 bits per heavy atom. The summed E-state index contributed by atoms with van der Waals surface area (Å²) in [6, 6.07) is 7.09. The molecule has 1 aliphatic heterocycles. The molecule has 21 heavy (non-hydrogen) atoms. The number of rotatable bonds is 1. The van der Waals surface area contributed by atoms with Crippen LogP contribution in [0, 0.1) is 11.8 Å². The summed E-state index contributed by atoms with van der Waals surface area (Å²) < 4.78 is 5.64. The summed E-state index contributed by atoms with van der Waals surface area (Å²) in [5, 5.41) is 10.8. The van der Waals surface area contributed by atoms with E-state index in [-0.39, 0.29) is 17.9 Å². The number of hydrogen-bond acceptors (Lipinski definition) is 4. The number of furan rings is 1. The van der Waals surface area contributed by atoms with Crippen LogP contribution in [0.15, 0.2) is 28.7 Å². The molecule has 1 aromatic heterocycles. The van der Waals surface area contributed by atoms with Crippen LogP contribution in [0.1, 0.15) is 23.4 Å². The van der Waals surface area contributed by atoms with E-state index >= 15 is 0 Å². The number of likely N-dealkylation sites (tertiary alicyclic amines) is 1. The predicted octanol–water partition coefficient (Wildman–Crippen LogP) is 1.86. The highest BCUT2D eigenvalue weighted by Gasteiger charge is 2.43. The first kappa shape index (κ1) is 12.7. The molecule has 1 saturated heterocycles. The van der Waals surface area contributed by atoms with E-state index < -0.39 is 0 Å². The maximum atomic E-state index is 12.6. The van der Waals surface area contributed by atoms with Gasteiger partial charge in [0.05, 0.1) is 6.10 Å². The standard InChI is InChI=1S/C16H18N2O3/c17-11-2-4-14-10(5-11)6-15(21-14)16(20)18-7-9-1-3-13(19)12(9)8-18/h2,4-6,9,12-13,19H,1,3,7-8,17H2. The molecule has 0 spiro atoms. The highest BCUT2D eigenvalue weighted by Crippen LogP contribution is 2.38. The van der Waals surface area contributed by atoms with E-state index in [1.54, 1.807) is 29.2 Å². The van der Waals surface area contributed by atoms with Gasteiger partial charge in [-0.2, -0.15) is 0 Å². The van der Waals surface area contributed by atoms with Gasteiger partial charge in [-0.25, -0.2) is 0 Å². The smallest absolute Gasteiger partial charge is 0.289 e. The zero-order valence-corrected chi connectivity index (χ0v) is 11.7. The Morgan fingerprint density at radius 3 is 2.95 bits per heavy atom. The number of carbonyl (C=O) groups excluding carboxylic acids is 1. The van der Waals surface area contributed by atoms with Gasteiger partial charge < -0.3 is 20.2 Å². The average Bonchev–Trinajstić information content (AvgIpc) is 3.13. The van der Waals surface area contributed by atoms with Gasteiger partial charge in [-0.05, 0) is 43.0 Å². The predicted molar refractivity (Wildman–Crippen MR) is 78.8 cm³/mol. The number of nitrogens with two attached hydrogens (primary N) is 1. The lowest BCUT2D eigenvalue weighted by Gasteiger charge is -2.16. The lowest BCUT2D eigenvalue weighted by atomic mass is 10.00. The summed E-state index contributed by atoms with van der Waals surface area (Å²) in [7, 11) is 0. The molecule has 1 aliphatic carbocycles. The highest BCUT2D eigenvalue weighted by atomic mass is 16.3. The summed E-state index contributed by atoms with van der Waals surface area (Å²) in [5.74, 6) is 0.925. The SMILES string of the molecule is Nc1ccc2oc(C(=O)N3CC4CCC(O)C4C3)cc2c1. The number of hydrogen-bond donors (Lipinski definition) is 2. The van der Waals surface area contributed by atoms with Crippen LogP contribution in [-0.4, -0.2) is 35.1 Å². The summed E-state index contributed by atoms with van der Waals surface area (Å²) >= 11 is 0. The fourth-order valence-corrected chi connectivity index (χ4v) is 3.73. The zero-order valence-electron chi connectivity index (χ0n) is 11.7. The first-order chi connectivity index (χ1) is 10.1. The van der Waals surface area contributed by atoms with Crippen LogP contribution < -0.4 is 5.73 Å². The maximum Gasteiger partial charge on any atom is 0.289 e. The van der Waals surface area contributed by atoms with Crippen LogP contribution in [0.5, 0.6) is 0 Å². The fourth-order valence-electron chi connectivity index (χ4n) is 3.73. The van der Waals surface area contributed by atoms with Gasteiger partial charge in [-0.15, -0.1) is 0 Å². The number of fused-ring (bicyclic) bond motifs is 2. The Bertz CT molecular complexity index is 709. The molecule has 0 radical (unpaired) electrons. The van der Waals surface area contributed by atoms with Gasteiger partial charge in [0, 0.05) is 30.1 Å². The molecular formula is C16H18N2O3. The van der Waals surface area contributed by atoms with Crippen molar-refractivity contribution in [1.82, 2.24) is 4.90 Å². The van der Waals surface area contributed by atoms with Crippen LogP contribution in [-0.2, 0) is 0 Å². The van der Waals surface area contributed by atoms with Gasteiger partial charge >= 0.3 is 0 Å². The van der Waals surface area contributed by atoms with Crippen LogP contribution in [0.25, 0.3) is 11.0 Å². The average molecular weight is 286 g/mol. The Morgan fingerprint density at radius 2 is 2.14 bits per heavy atom. The van der Waals surface area contributed by atoms with Crippen molar-refractivity contribution in [2.75, 3.05) is 18.8 Å². The second kappa shape index (κ2) is 4.49. The van der Waals surface area contributed by atoms with E-state index in [9.17, 15) is 9.90 Å². The lowest BCUT2D eigenvalue weighted by molar-refractivity contribution is 0.0724. The number of aliphatic hydroxyl groups excluding tert-OH is 1. The minimum Gasteiger partial charge on any atom is -0.451 e. The van der Waals surface area contributed by atoms with Gasteiger partial charge in [-0.3, -0.25) is 4.79 Å². The van der Waals surface area contributed by atoms with Gasteiger partial charge in [0.15, 0.2) is 5.76 Å². The number of nitrogen functional groups attached to an aromatic ring is 1. The summed E-state index contributed by atoms with van der Waals surface area (Å²) in [5.41, 5.74) is 7.07. The van der Waals surface area contributed by atoms with E-state index in [1.807, 2.05) is 0 Å². The van der Waals surface area contributed by atoms with Gasteiger partial charge in [0.2, 0.25) is 0 Å². The molecule has 3 N–H and O–H groups in total. The first-order valence-corrected chi connectivity index (χ1v) is 7.38. The number of nitrogens with zero attached hydrogens (tertiary/aromatic N) is 1. The van der Waals surface area contributed by atoms with Crippen molar-refractivity contribution >= 4 is 22.6 Å². The summed E-state index contributed by atoms with van der Waals surface area (Å²) in [4.78, 5) is 14.4. The van der Waals surface area contributed by atoms with Crippen LogP contribution in [0.2, 0.25) is 0 Å². The molecule has 4 rings (SSSR count). The van der Waals surface area contributed by atoms with Crippen molar-refractivity contribution in [2.45, 2.75) is 18.9 Å². The van der Waals surface area contributed by atoms with E-state index in [0.29, 0.717) is 29.5 Å². The fraction of sp³-hybridized carbons (Fsp3) is 0.438. The van der Waals surface area contributed by atoms with Crippen molar-refractivity contribution in [3.8, 4) is 0 Å². The second-order valence-electron chi connectivity index (χ2n) is 6.19. The molecular weight excluding hydrogens is 268 g/mol. The molecule has 5 heteroatoms. The molecule has 5 nitrogen and oxygen atoms in total. The summed E-state index contributed by atoms with van der Waals surface area (Å²) in [6.45, 7) is 1.35. The maximum absolute atomic E-state index is 12.6. The topological polar surface area (TPSA) is 79.7 Å². The third-order valence-electron chi connectivity index (χ3n) is 4.86. The summed E-state index contributed by atoms with van der Waals surface area (Å²) in [6.07, 6.45) is 1.61. The molecule has 3 unspecified atom stereocenters. The third-order valence-corrected chi connectivity index (χ3v) is 4.86. The molecule has 2 heterocycles. The molecule has 0 bridgehead atoms. The minimum absolute atomic E-state index is 0.0913. The molecule has 3 atom stereocenters. The Balaban J connectivity index is 1.59. The molecule has 1 amide bonds. The third kappa shape index (κ3) is 2.00. The quantitative estimate of drug-likeness (QED) is 0.784. The first-order valence-electron chi connectivity index (χ1n) is 7.38. The molecule has 2 aromatic rings. The Kier molecular flexibility index (Phi) is 2.72. The number of anilines is 1. The largest absolute Gasteiger partial charge is 0.451 e. The van der Waals surface area contributed by atoms with Gasteiger partial charge in [0.1, 0.15) is 5.58 Å².